The Hall–Kier alpha value is -2.59. The van der Waals surface area contributed by atoms with E-state index in [-0.39, 0.29) is 0 Å². The summed E-state index contributed by atoms with van der Waals surface area (Å²) < 4.78 is 0. The lowest BCUT2D eigenvalue weighted by Gasteiger charge is -2.34. The molecule has 0 atom stereocenters. The van der Waals surface area contributed by atoms with E-state index in [0.717, 1.165) is 31.7 Å². The van der Waals surface area contributed by atoms with Gasteiger partial charge >= 0.3 is 0 Å². The Morgan fingerprint density at radius 3 is 2.58 bits per heavy atom. The zero-order valence-electron chi connectivity index (χ0n) is 14.4. The molecule has 1 aromatic heterocycles. The van der Waals surface area contributed by atoms with E-state index in [1.807, 2.05) is 0 Å². The molecule has 1 amide bonds. The highest BCUT2D eigenvalue weighted by Crippen LogP contribution is 2.35. The number of piperidine rings is 1. The van der Waals surface area contributed by atoms with Gasteiger partial charge in [-0.3, -0.25) is 4.79 Å². The first-order valence-corrected chi connectivity index (χ1v) is 9.19. The number of fused-ring (bicyclic) bond motifs is 1. The molecule has 0 spiro atoms. The van der Waals surface area contributed by atoms with E-state index in [2.05, 4.69) is 52.3 Å². The lowest BCUT2D eigenvalue weighted by Crippen LogP contribution is -2.33. The smallest absolute Gasteiger partial charge is 0.250 e. The number of amides is 1. The lowest BCUT2D eigenvalue weighted by atomic mass is 9.86. The number of anilines is 1. The van der Waals surface area contributed by atoms with Gasteiger partial charge in [0.15, 0.2) is 0 Å². The summed E-state index contributed by atoms with van der Waals surface area (Å²) in [6, 6.07) is 16.7. The third-order valence-electron chi connectivity index (χ3n) is 5.16. The Bertz CT molecular complexity index is 959. The van der Waals surface area contributed by atoms with Gasteiger partial charge in [0.05, 0.1) is 10.6 Å². The summed E-state index contributed by atoms with van der Waals surface area (Å²) in [6.07, 6.45) is 3.59. The number of carbonyl (C=O) groups is 1. The molecule has 2 heterocycles. The summed E-state index contributed by atoms with van der Waals surface area (Å²) in [5.74, 6) is 0.745. The van der Waals surface area contributed by atoms with Gasteiger partial charge in [-0.05, 0) is 41.2 Å². The zero-order chi connectivity index (χ0) is 18.1. The largest absolute Gasteiger partial charge is 0.366 e. The Morgan fingerprint density at radius 2 is 1.85 bits per heavy atom. The number of rotatable bonds is 3. The average molecular weight is 366 g/mol. The molecule has 0 bridgehead atoms. The predicted molar refractivity (Wildman–Crippen MR) is 106 cm³/mol. The molecule has 1 aliphatic rings. The summed E-state index contributed by atoms with van der Waals surface area (Å²) in [5.41, 5.74) is 7.05. The van der Waals surface area contributed by atoms with Crippen molar-refractivity contribution in [2.75, 3.05) is 18.0 Å². The first-order valence-electron chi connectivity index (χ1n) is 8.81. The first kappa shape index (κ1) is 16.9. The number of hydrogen-bond acceptors (Lipinski definition) is 3. The van der Waals surface area contributed by atoms with Gasteiger partial charge in [0.1, 0.15) is 5.82 Å². The van der Waals surface area contributed by atoms with Crippen molar-refractivity contribution >= 4 is 34.1 Å². The van der Waals surface area contributed by atoms with Crippen LogP contribution in [-0.4, -0.2) is 24.0 Å². The molecule has 0 unspecified atom stereocenters. The minimum Gasteiger partial charge on any atom is -0.366 e. The maximum Gasteiger partial charge on any atom is 0.250 e. The molecule has 5 heteroatoms. The second-order valence-corrected chi connectivity index (χ2v) is 7.13. The fraction of sp³-hybridized carbons (Fsp3) is 0.238. The summed E-state index contributed by atoms with van der Waals surface area (Å²) in [5, 5.41) is 3.11. The number of hydrogen-bond donors (Lipinski definition) is 1. The van der Waals surface area contributed by atoms with E-state index >= 15 is 0 Å². The lowest BCUT2D eigenvalue weighted by molar-refractivity contribution is 0.1000. The number of halogens is 1. The van der Waals surface area contributed by atoms with Crippen LogP contribution in [0.4, 0.5) is 5.82 Å². The highest BCUT2D eigenvalue weighted by molar-refractivity contribution is 6.33. The molecule has 0 saturated carbocycles. The average Bonchev–Trinajstić information content (AvgIpc) is 2.67. The van der Waals surface area contributed by atoms with Crippen LogP contribution in [-0.2, 0) is 0 Å². The minimum atomic E-state index is -0.513. The van der Waals surface area contributed by atoms with Crippen LogP contribution in [0.5, 0.6) is 0 Å². The van der Waals surface area contributed by atoms with Crippen LogP contribution in [0, 0.1) is 0 Å². The Balaban J connectivity index is 1.53. The summed E-state index contributed by atoms with van der Waals surface area (Å²) in [7, 11) is 0. The molecule has 132 valence electrons. The van der Waals surface area contributed by atoms with E-state index in [4.69, 9.17) is 17.3 Å². The monoisotopic (exact) mass is 365 g/mol. The normalized spacial score (nSPS) is 15.3. The van der Waals surface area contributed by atoms with Gasteiger partial charge in [-0.2, -0.15) is 0 Å². The van der Waals surface area contributed by atoms with E-state index in [0.29, 0.717) is 16.5 Å². The highest BCUT2D eigenvalue weighted by atomic mass is 35.5. The van der Waals surface area contributed by atoms with Gasteiger partial charge in [0.25, 0.3) is 0 Å². The van der Waals surface area contributed by atoms with E-state index in [1.165, 1.54) is 22.5 Å². The van der Waals surface area contributed by atoms with Crippen molar-refractivity contribution in [2.24, 2.45) is 5.73 Å². The molecule has 1 fully saturated rings. The van der Waals surface area contributed by atoms with Crippen molar-refractivity contribution in [1.29, 1.82) is 0 Å². The topological polar surface area (TPSA) is 59.2 Å². The maximum absolute atomic E-state index is 11.3. The molecule has 0 radical (unpaired) electrons. The Morgan fingerprint density at radius 1 is 1.12 bits per heavy atom. The van der Waals surface area contributed by atoms with Crippen molar-refractivity contribution in [1.82, 2.24) is 4.98 Å². The molecule has 1 saturated heterocycles. The third kappa shape index (κ3) is 3.13. The molecular formula is C21H20ClN3O. The maximum atomic E-state index is 11.3. The van der Waals surface area contributed by atoms with Gasteiger partial charge in [0.2, 0.25) is 5.91 Å². The summed E-state index contributed by atoms with van der Waals surface area (Å²) in [6.45, 7) is 1.77. The molecule has 26 heavy (non-hydrogen) atoms. The van der Waals surface area contributed by atoms with Crippen LogP contribution in [0.25, 0.3) is 10.8 Å². The molecule has 1 aliphatic heterocycles. The first-order chi connectivity index (χ1) is 12.6. The molecule has 4 nitrogen and oxygen atoms in total. The predicted octanol–water partition coefficient (Wildman–Crippen LogP) is 4.37. The molecule has 4 rings (SSSR count). The standard InChI is InChI=1S/C21H20ClN3O/c22-19-12-16(20(23)26)13-24-21(19)25-10-8-15(9-11-25)18-7-3-5-14-4-1-2-6-17(14)18/h1-7,12-13,15H,8-11H2,(H2,23,26). The Kier molecular flexibility index (Phi) is 4.51. The zero-order valence-corrected chi connectivity index (χ0v) is 15.1. The number of pyridine rings is 1. The van der Waals surface area contributed by atoms with Crippen molar-refractivity contribution < 1.29 is 4.79 Å². The van der Waals surface area contributed by atoms with Gasteiger partial charge in [-0.15, -0.1) is 0 Å². The quantitative estimate of drug-likeness (QED) is 0.749. The van der Waals surface area contributed by atoms with Gasteiger partial charge in [-0.1, -0.05) is 54.1 Å². The van der Waals surface area contributed by atoms with Gasteiger partial charge < -0.3 is 10.6 Å². The van der Waals surface area contributed by atoms with Crippen molar-refractivity contribution in [3.63, 3.8) is 0 Å². The molecule has 2 aromatic carbocycles. The van der Waals surface area contributed by atoms with E-state index in [1.54, 1.807) is 6.07 Å². The van der Waals surface area contributed by atoms with E-state index < -0.39 is 5.91 Å². The number of carbonyl (C=O) groups excluding carboxylic acids is 1. The van der Waals surface area contributed by atoms with Crippen LogP contribution in [0.15, 0.2) is 54.7 Å². The number of nitrogens with zero attached hydrogens (tertiary/aromatic N) is 2. The van der Waals surface area contributed by atoms with Crippen LogP contribution >= 0.6 is 11.6 Å². The molecule has 3 aromatic rings. The minimum absolute atomic E-state index is 0.337. The van der Waals surface area contributed by atoms with Crippen LogP contribution < -0.4 is 10.6 Å². The highest BCUT2D eigenvalue weighted by Gasteiger charge is 2.24. The number of primary amides is 1. The van der Waals surface area contributed by atoms with Crippen molar-refractivity contribution in [3.05, 3.63) is 70.9 Å². The van der Waals surface area contributed by atoms with Crippen LogP contribution in [0.3, 0.4) is 0 Å². The second kappa shape index (κ2) is 6.96. The molecule has 2 N–H and O–H groups in total. The van der Waals surface area contributed by atoms with Crippen LogP contribution in [0.1, 0.15) is 34.7 Å². The molecule has 0 aliphatic carbocycles. The number of nitrogens with two attached hydrogens (primary N) is 1. The van der Waals surface area contributed by atoms with Gasteiger partial charge in [0, 0.05) is 19.3 Å². The fourth-order valence-electron chi connectivity index (χ4n) is 3.81. The Labute approximate surface area is 157 Å². The van der Waals surface area contributed by atoms with Crippen molar-refractivity contribution in [3.8, 4) is 0 Å². The third-order valence-corrected chi connectivity index (χ3v) is 5.44. The fourth-order valence-corrected chi connectivity index (χ4v) is 4.09. The summed E-state index contributed by atoms with van der Waals surface area (Å²) >= 11 is 6.33. The van der Waals surface area contributed by atoms with Crippen LogP contribution in [0.2, 0.25) is 5.02 Å². The SMILES string of the molecule is NC(=O)c1cnc(N2CCC(c3cccc4ccccc34)CC2)c(Cl)c1. The van der Waals surface area contributed by atoms with Gasteiger partial charge in [-0.25, -0.2) is 4.98 Å². The summed E-state index contributed by atoms with van der Waals surface area (Å²) in [4.78, 5) is 17.8. The van der Waals surface area contributed by atoms with Crippen molar-refractivity contribution in [2.45, 2.75) is 18.8 Å². The second-order valence-electron chi connectivity index (χ2n) is 6.72. The molecular weight excluding hydrogens is 346 g/mol. The number of benzene rings is 2. The number of aromatic nitrogens is 1. The van der Waals surface area contributed by atoms with E-state index in [9.17, 15) is 4.79 Å².